The van der Waals surface area contributed by atoms with E-state index >= 15 is 0 Å². The SMILES string of the molecule is C=C(/C=C/C=C/C=C/C=C1\SCCN1CC)C(C)(C)c1cc(C(F)(F)F)ccc1C. The zero-order chi connectivity index (χ0) is 22.4. The molecule has 0 aliphatic carbocycles. The minimum atomic E-state index is -4.36. The molecule has 0 atom stereocenters. The van der Waals surface area contributed by atoms with Gasteiger partial charge in [0.2, 0.25) is 0 Å². The van der Waals surface area contributed by atoms with Gasteiger partial charge in [0.25, 0.3) is 0 Å². The molecule has 1 aromatic carbocycles. The molecular formula is C25H30F3NS. The smallest absolute Gasteiger partial charge is 0.366 e. The lowest BCUT2D eigenvalue weighted by atomic mass is 9.75. The molecule has 2 rings (SSSR count). The largest absolute Gasteiger partial charge is 0.416 e. The van der Waals surface area contributed by atoms with Gasteiger partial charge in [0.15, 0.2) is 0 Å². The van der Waals surface area contributed by atoms with Crippen molar-refractivity contribution in [2.24, 2.45) is 0 Å². The van der Waals surface area contributed by atoms with E-state index < -0.39 is 17.2 Å². The van der Waals surface area contributed by atoms with E-state index in [-0.39, 0.29) is 0 Å². The normalized spacial score (nSPS) is 17.3. The van der Waals surface area contributed by atoms with Crippen LogP contribution in [0.2, 0.25) is 0 Å². The van der Waals surface area contributed by atoms with Crippen LogP contribution < -0.4 is 0 Å². The molecule has 0 spiro atoms. The van der Waals surface area contributed by atoms with Gasteiger partial charge < -0.3 is 4.90 Å². The monoisotopic (exact) mass is 433 g/mol. The average molecular weight is 434 g/mol. The molecule has 30 heavy (non-hydrogen) atoms. The first-order chi connectivity index (χ1) is 14.1. The first-order valence-electron chi connectivity index (χ1n) is 10.0. The number of hydrogen-bond acceptors (Lipinski definition) is 2. The third-order valence-electron chi connectivity index (χ3n) is 5.33. The second kappa shape index (κ2) is 10.3. The number of allylic oxidation sites excluding steroid dienone is 8. The number of rotatable bonds is 7. The number of nitrogens with zero attached hydrogens (tertiary/aromatic N) is 1. The molecule has 5 heteroatoms. The Morgan fingerprint density at radius 3 is 2.47 bits per heavy atom. The van der Waals surface area contributed by atoms with Crippen molar-refractivity contribution in [1.29, 1.82) is 0 Å². The van der Waals surface area contributed by atoms with Gasteiger partial charge in [0, 0.05) is 24.3 Å². The first-order valence-corrected chi connectivity index (χ1v) is 11.0. The fraction of sp³-hybridized carbons (Fsp3) is 0.360. The number of aryl methyl sites for hydroxylation is 1. The predicted octanol–water partition coefficient (Wildman–Crippen LogP) is 7.43. The van der Waals surface area contributed by atoms with Crippen molar-refractivity contribution < 1.29 is 13.2 Å². The van der Waals surface area contributed by atoms with Crippen LogP contribution in [0.3, 0.4) is 0 Å². The molecule has 1 nitrogen and oxygen atoms in total. The van der Waals surface area contributed by atoms with Crippen molar-refractivity contribution in [1.82, 2.24) is 4.90 Å². The summed E-state index contributed by atoms with van der Waals surface area (Å²) < 4.78 is 39.4. The Bertz CT molecular complexity index is 873. The van der Waals surface area contributed by atoms with Crippen LogP contribution in [0.1, 0.15) is 37.5 Å². The van der Waals surface area contributed by atoms with Crippen LogP contribution in [0.25, 0.3) is 0 Å². The molecule has 0 unspecified atom stereocenters. The summed E-state index contributed by atoms with van der Waals surface area (Å²) in [5.74, 6) is 1.13. The molecule has 162 valence electrons. The van der Waals surface area contributed by atoms with Crippen LogP contribution in [0.15, 0.2) is 77.9 Å². The quantitative estimate of drug-likeness (QED) is 0.411. The van der Waals surface area contributed by atoms with Crippen LogP contribution in [-0.2, 0) is 11.6 Å². The van der Waals surface area contributed by atoms with E-state index in [9.17, 15) is 13.2 Å². The van der Waals surface area contributed by atoms with E-state index in [0.29, 0.717) is 5.56 Å². The summed E-state index contributed by atoms with van der Waals surface area (Å²) in [7, 11) is 0. The van der Waals surface area contributed by atoms with Gasteiger partial charge in [-0.15, -0.1) is 11.8 Å². The lowest BCUT2D eigenvalue weighted by molar-refractivity contribution is -0.137. The highest BCUT2D eigenvalue weighted by atomic mass is 32.2. The fourth-order valence-electron chi connectivity index (χ4n) is 3.28. The molecule has 1 heterocycles. The molecule has 1 aromatic rings. The summed E-state index contributed by atoms with van der Waals surface area (Å²) in [5.41, 5.74) is 0.965. The number of benzene rings is 1. The van der Waals surface area contributed by atoms with Gasteiger partial charge in [0.05, 0.1) is 10.6 Å². The highest BCUT2D eigenvalue weighted by Gasteiger charge is 2.33. The zero-order valence-corrected chi connectivity index (χ0v) is 18.9. The molecule has 0 saturated carbocycles. The van der Waals surface area contributed by atoms with Gasteiger partial charge in [-0.05, 0) is 48.8 Å². The average Bonchev–Trinajstić information content (AvgIpc) is 3.13. The topological polar surface area (TPSA) is 3.24 Å². The minimum Gasteiger partial charge on any atom is -0.366 e. The van der Waals surface area contributed by atoms with Crippen molar-refractivity contribution in [3.05, 3.63) is 94.6 Å². The zero-order valence-electron chi connectivity index (χ0n) is 18.1. The molecule has 1 fully saturated rings. The highest BCUT2D eigenvalue weighted by molar-refractivity contribution is 8.03. The molecule has 0 aromatic heterocycles. The molecule has 0 amide bonds. The molecule has 1 aliphatic heterocycles. The Morgan fingerprint density at radius 1 is 1.13 bits per heavy atom. The summed E-state index contributed by atoms with van der Waals surface area (Å²) in [6.45, 7) is 14.0. The molecular weight excluding hydrogens is 403 g/mol. The van der Waals surface area contributed by atoms with Gasteiger partial charge in [-0.2, -0.15) is 13.2 Å². The Kier molecular flexibility index (Phi) is 8.25. The van der Waals surface area contributed by atoms with Crippen molar-refractivity contribution in [3.8, 4) is 0 Å². The number of alkyl halides is 3. The Morgan fingerprint density at radius 2 is 1.80 bits per heavy atom. The van der Waals surface area contributed by atoms with Crippen molar-refractivity contribution >= 4 is 11.8 Å². The molecule has 0 radical (unpaired) electrons. The predicted molar refractivity (Wildman–Crippen MR) is 124 cm³/mol. The van der Waals surface area contributed by atoms with Crippen LogP contribution >= 0.6 is 11.8 Å². The standard InChI is InChI=1S/C25H30F3NS/c1-6-29-16-17-30-23(29)13-11-9-7-8-10-12-20(3)24(4,5)22-18-21(25(26,27)28)15-14-19(22)2/h7-15,18H,3,6,16-17H2,1-2,4-5H3/b8-7+,11-9+,12-10+,23-13-. The van der Waals surface area contributed by atoms with E-state index in [1.165, 1.54) is 17.2 Å². The van der Waals surface area contributed by atoms with E-state index in [4.69, 9.17) is 0 Å². The second-order valence-electron chi connectivity index (χ2n) is 7.74. The van der Waals surface area contributed by atoms with E-state index in [1.807, 2.05) is 69.0 Å². The summed E-state index contributed by atoms with van der Waals surface area (Å²) >= 11 is 1.87. The maximum Gasteiger partial charge on any atom is 0.416 e. The first kappa shape index (κ1) is 24.1. The van der Waals surface area contributed by atoms with Gasteiger partial charge >= 0.3 is 6.18 Å². The number of thioether (sulfide) groups is 1. The summed E-state index contributed by atoms with van der Waals surface area (Å²) in [6.07, 6.45) is 9.30. The van der Waals surface area contributed by atoms with E-state index in [0.717, 1.165) is 36.0 Å². The maximum atomic E-state index is 13.1. The van der Waals surface area contributed by atoms with Gasteiger partial charge in [0.1, 0.15) is 0 Å². The van der Waals surface area contributed by atoms with Crippen molar-refractivity contribution in [3.63, 3.8) is 0 Å². The van der Waals surface area contributed by atoms with Crippen molar-refractivity contribution in [2.75, 3.05) is 18.8 Å². The molecule has 1 saturated heterocycles. The lowest BCUT2D eigenvalue weighted by Gasteiger charge is -2.29. The third-order valence-corrected chi connectivity index (χ3v) is 6.40. The van der Waals surface area contributed by atoms with E-state index in [2.05, 4.69) is 24.5 Å². The Hall–Kier alpha value is -2.14. The summed E-state index contributed by atoms with van der Waals surface area (Å²) in [5, 5.41) is 1.30. The lowest BCUT2D eigenvalue weighted by Crippen LogP contribution is -2.21. The van der Waals surface area contributed by atoms with Crippen molar-refractivity contribution in [2.45, 2.75) is 39.3 Å². The second-order valence-corrected chi connectivity index (χ2v) is 8.85. The van der Waals surface area contributed by atoms with Gasteiger partial charge in [-0.3, -0.25) is 0 Å². The fourth-order valence-corrected chi connectivity index (χ4v) is 4.38. The van der Waals surface area contributed by atoms with Gasteiger partial charge in [-0.25, -0.2) is 0 Å². The minimum absolute atomic E-state index is 0.612. The Labute approximate surface area is 182 Å². The van der Waals surface area contributed by atoms with Crippen LogP contribution in [-0.4, -0.2) is 23.7 Å². The number of halogens is 3. The van der Waals surface area contributed by atoms with Gasteiger partial charge in [-0.1, -0.05) is 62.9 Å². The molecule has 0 bridgehead atoms. The third kappa shape index (κ3) is 6.18. The van der Waals surface area contributed by atoms with Crippen LogP contribution in [0.5, 0.6) is 0 Å². The summed E-state index contributed by atoms with van der Waals surface area (Å²) in [6, 6.07) is 3.89. The van der Waals surface area contributed by atoms with Crippen LogP contribution in [0, 0.1) is 6.92 Å². The Balaban J connectivity index is 2.04. The maximum absolute atomic E-state index is 13.1. The highest BCUT2D eigenvalue weighted by Crippen LogP contribution is 2.37. The van der Waals surface area contributed by atoms with E-state index in [1.54, 1.807) is 0 Å². The summed E-state index contributed by atoms with van der Waals surface area (Å²) in [4.78, 5) is 2.35. The molecule has 0 N–H and O–H groups in total. The molecule has 1 aliphatic rings. The van der Waals surface area contributed by atoms with Crippen LogP contribution in [0.4, 0.5) is 13.2 Å². The number of hydrogen-bond donors (Lipinski definition) is 0.